The second-order valence-electron chi connectivity index (χ2n) is 5.78. The second kappa shape index (κ2) is 5.50. The van der Waals surface area contributed by atoms with Crippen LogP contribution in [0, 0.1) is 17.2 Å². The van der Waals surface area contributed by atoms with Gasteiger partial charge in [0.25, 0.3) is 0 Å². The van der Waals surface area contributed by atoms with Gasteiger partial charge in [-0.05, 0) is 26.2 Å². The molecule has 0 aromatic carbocycles. The smallest absolute Gasteiger partial charge is 0.238 e. The van der Waals surface area contributed by atoms with Gasteiger partial charge < -0.3 is 5.32 Å². The molecule has 1 unspecified atom stereocenters. The highest BCUT2D eigenvalue weighted by Crippen LogP contribution is 2.26. The van der Waals surface area contributed by atoms with Crippen LogP contribution in [0.2, 0.25) is 0 Å². The number of nitrogens with zero attached hydrogens (tertiary/aromatic N) is 2. The predicted octanol–water partition coefficient (Wildman–Crippen LogP) is 1.53. The monoisotopic (exact) mass is 237 g/mol. The van der Waals surface area contributed by atoms with Crippen LogP contribution >= 0.6 is 0 Å². The zero-order valence-electron chi connectivity index (χ0n) is 11.3. The van der Waals surface area contributed by atoms with Crippen LogP contribution < -0.4 is 5.32 Å². The molecule has 1 N–H and O–H groups in total. The van der Waals surface area contributed by atoms with Crippen molar-refractivity contribution < 1.29 is 4.79 Å². The number of nitrogens with one attached hydrogen (secondary N) is 1. The van der Waals surface area contributed by atoms with Gasteiger partial charge in [0.15, 0.2) is 0 Å². The largest absolute Gasteiger partial charge is 0.355 e. The zero-order valence-corrected chi connectivity index (χ0v) is 11.3. The van der Waals surface area contributed by atoms with E-state index in [9.17, 15) is 4.79 Å². The van der Waals surface area contributed by atoms with Crippen molar-refractivity contribution in [1.82, 2.24) is 10.2 Å². The van der Waals surface area contributed by atoms with Crippen molar-refractivity contribution in [3.8, 4) is 6.07 Å². The first-order valence-electron chi connectivity index (χ1n) is 6.30. The summed E-state index contributed by atoms with van der Waals surface area (Å²) in [4.78, 5) is 14.2. The van der Waals surface area contributed by atoms with E-state index < -0.39 is 0 Å². The molecule has 0 aromatic rings. The van der Waals surface area contributed by atoms with Crippen LogP contribution in [0.5, 0.6) is 0 Å². The first-order chi connectivity index (χ1) is 7.88. The molecule has 0 saturated carbocycles. The lowest BCUT2D eigenvalue weighted by Crippen LogP contribution is -2.53. The van der Waals surface area contributed by atoms with Crippen molar-refractivity contribution in [3.05, 3.63) is 0 Å². The van der Waals surface area contributed by atoms with Crippen LogP contribution in [0.1, 0.15) is 40.5 Å². The van der Waals surface area contributed by atoms with Crippen molar-refractivity contribution >= 4 is 5.91 Å². The van der Waals surface area contributed by atoms with E-state index in [-0.39, 0.29) is 23.9 Å². The van der Waals surface area contributed by atoms with Crippen molar-refractivity contribution in [1.29, 1.82) is 5.26 Å². The quantitative estimate of drug-likeness (QED) is 0.809. The van der Waals surface area contributed by atoms with Crippen LogP contribution in [0.15, 0.2) is 0 Å². The van der Waals surface area contributed by atoms with Gasteiger partial charge in [-0.25, -0.2) is 0 Å². The SMILES string of the molecule is CC(C)CN1C(CC#N)C(=O)NCCC1(C)C. The fourth-order valence-corrected chi connectivity index (χ4v) is 2.37. The highest BCUT2D eigenvalue weighted by Gasteiger charge is 2.38. The maximum Gasteiger partial charge on any atom is 0.238 e. The molecule has 0 radical (unpaired) electrons. The average molecular weight is 237 g/mol. The number of amides is 1. The van der Waals surface area contributed by atoms with Gasteiger partial charge in [-0.3, -0.25) is 9.69 Å². The summed E-state index contributed by atoms with van der Waals surface area (Å²) < 4.78 is 0. The van der Waals surface area contributed by atoms with Gasteiger partial charge in [-0.15, -0.1) is 0 Å². The Hall–Kier alpha value is -1.08. The standard InChI is InChI=1S/C13H23N3O/c1-10(2)9-16-11(5-7-14)12(17)15-8-6-13(16,3)4/h10-11H,5-6,8-9H2,1-4H3,(H,15,17). The van der Waals surface area contributed by atoms with Gasteiger partial charge in [-0.1, -0.05) is 13.8 Å². The summed E-state index contributed by atoms with van der Waals surface area (Å²) in [5.74, 6) is 0.485. The molecule has 4 nitrogen and oxygen atoms in total. The number of rotatable bonds is 3. The predicted molar refractivity (Wildman–Crippen MR) is 67.3 cm³/mol. The molecule has 1 atom stereocenters. The Labute approximate surface area is 104 Å². The number of nitriles is 1. The van der Waals surface area contributed by atoms with E-state index >= 15 is 0 Å². The average Bonchev–Trinajstić information content (AvgIpc) is 2.30. The topological polar surface area (TPSA) is 56.1 Å². The first kappa shape index (κ1) is 14.0. The molecule has 1 heterocycles. The minimum absolute atomic E-state index is 0.00206. The number of carbonyl (C=O) groups is 1. The van der Waals surface area contributed by atoms with Gasteiger partial charge in [0, 0.05) is 18.6 Å². The third-order valence-corrected chi connectivity index (χ3v) is 3.34. The first-order valence-corrected chi connectivity index (χ1v) is 6.30. The lowest BCUT2D eigenvalue weighted by molar-refractivity contribution is -0.127. The van der Waals surface area contributed by atoms with Crippen LogP contribution in [0.3, 0.4) is 0 Å². The van der Waals surface area contributed by atoms with Gasteiger partial charge in [-0.2, -0.15) is 5.26 Å². The van der Waals surface area contributed by atoms with Crippen molar-refractivity contribution in [2.24, 2.45) is 5.92 Å². The van der Waals surface area contributed by atoms with E-state index in [0.29, 0.717) is 12.5 Å². The highest BCUT2D eigenvalue weighted by atomic mass is 16.2. The highest BCUT2D eigenvalue weighted by molar-refractivity contribution is 5.82. The summed E-state index contributed by atoms with van der Waals surface area (Å²) in [7, 11) is 0. The van der Waals surface area contributed by atoms with E-state index in [4.69, 9.17) is 5.26 Å². The molecule has 1 fully saturated rings. The molecular formula is C13H23N3O. The summed E-state index contributed by atoms with van der Waals surface area (Å²) in [6, 6.07) is 1.83. The zero-order chi connectivity index (χ0) is 13.1. The molecule has 1 aliphatic heterocycles. The Morgan fingerprint density at radius 1 is 1.59 bits per heavy atom. The normalized spacial score (nSPS) is 25.2. The fraction of sp³-hybridized carbons (Fsp3) is 0.846. The number of hydrogen-bond donors (Lipinski definition) is 1. The van der Waals surface area contributed by atoms with E-state index in [0.717, 1.165) is 13.0 Å². The molecule has 1 amide bonds. The lowest BCUT2D eigenvalue weighted by Gasteiger charge is -2.41. The molecule has 0 spiro atoms. The molecular weight excluding hydrogens is 214 g/mol. The summed E-state index contributed by atoms with van der Waals surface area (Å²) in [5.41, 5.74) is -0.0368. The molecule has 0 bridgehead atoms. The summed E-state index contributed by atoms with van der Waals surface area (Å²) in [6.07, 6.45) is 1.19. The minimum atomic E-state index is -0.306. The van der Waals surface area contributed by atoms with Gasteiger partial charge in [0.05, 0.1) is 12.5 Å². The van der Waals surface area contributed by atoms with Crippen molar-refractivity contribution in [2.75, 3.05) is 13.1 Å². The van der Waals surface area contributed by atoms with Crippen LogP contribution in [-0.4, -0.2) is 35.5 Å². The lowest BCUT2D eigenvalue weighted by atomic mass is 9.94. The van der Waals surface area contributed by atoms with E-state index in [1.807, 2.05) is 0 Å². The Morgan fingerprint density at radius 3 is 2.76 bits per heavy atom. The molecule has 17 heavy (non-hydrogen) atoms. The van der Waals surface area contributed by atoms with E-state index in [1.54, 1.807) is 0 Å². The minimum Gasteiger partial charge on any atom is -0.355 e. The molecule has 96 valence electrons. The molecule has 0 aromatic heterocycles. The fourth-order valence-electron chi connectivity index (χ4n) is 2.37. The van der Waals surface area contributed by atoms with Gasteiger partial charge in [0.2, 0.25) is 5.91 Å². The summed E-state index contributed by atoms with van der Waals surface area (Å²) in [6.45, 7) is 10.1. The maximum absolute atomic E-state index is 12.0. The van der Waals surface area contributed by atoms with Crippen LogP contribution in [0.4, 0.5) is 0 Å². The van der Waals surface area contributed by atoms with Crippen molar-refractivity contribution in [2.45, 2.75) is 52.1 Å². The Kier molecular flexibility index (Phi) is 4.53. The Balaban J connectivity index is 2.98. The molecule has 4 heteroatoms. The van der Waals surface area contributed by atoms with Crippen molar-refractivity contribution in [3.63, 3.8) is 0 Å². The molecule has 1 rings (SSSR count). The number of carbonyl (C=O) groups excluding carboxylic acids is 1. The molecule has 1 aliphatic rings. The summed E-state index contributed by atoms with van der Waals surface area (Å²) >= 11 is 0. The second-order valence-corrected chi connectivity index (χ2v) is 5.78. The Morgan fingerprint density at radius 2 is 2.24 bits per heavy atom. The number of hydrogen-bond acceptors (Lipinski definition) is 3. The Bertz CT molecular complexity index is 317. The van der Waals surface area contributed by atoms with E-state index in [1.165, 1.54) is 0 Å². The maximum atomic E-state index is 12.0. The third-order valence-electron chi connectivity index (χ3n) is 3.34. The summed E-state index contributed by atoms with van der Waals surface area (Å²) in [5, 5.41) is 11.8. The van der Waals surface area contributed by atoms with Gasteiger partial charge >= 0.3 is 0 Å². The van der Waals surface area contributed by atoms with E-state index in [2.05, 4.69) is 44.0 Å². The van der Waals surface area contributed by atoms with Gasteiger partial charge in [0.1, 0.15) is 6.04 Å². The molecule has 1 saturated heterocycles. The van der Waals surface area contributed by atoms with Crippen LogP contribution in [-0.2, 0) is 4.79 Å². The molecule has 0 aliphatic carbocycles. The third kappa shape index (κ3) is 3.44. The van der Waals surface area contributed by atoms with Crippen LogP contribution in [0.25, 0.3) is 0 Å².